The molecule has 4 nitrogen and oxygen atoms in total. The Morgan fingerprint density at radius 2 is 2.06 bits per heavy atom. The zero-order chi connectivity index (χ0) is 12.3. The van der Waals surface area contributed by atoms with E-state index in [4.69, 9.17) is 0 Å². The fraction of sp³-hybridized carbons (Fsp3) is 0.455. The summed E-state index contributed by atoms with van der Waals surface area (Å²) in [6.07, 6.45) is 0.481. The predicted molar refractivity (Wildman–Crippen MR) is 63.2 cm³/mol. The van der Waals surface area contributed by atoms with Crippen LogP contribution in [0, 0.1) is 6.92 Å². The summed E-state index contributed by atoms with van der Waals surface area (Å²) in [5.41, 5.74) is 1.31. The van der Waals surface area contributed by atoms with Gasteiger partial charge in [-0.25, -0.2) is 8.42 Å². The van der Waals surface area contributed by atoms with Crippen LogP contribution >= 0.6 is 0 Å². The van der Waals surface area contributed by atoms with Crippen molar-refractivity contribution in [3.05, 3.63) is 29.3 Å². The second kappa shape index (κ2) is 4.95. The molecule has 0 bridgehead atoms. The van der Waals surface area contributed by atoms with Crippen molar-refractivity contribution < 1.29 is 13.5 Å². The summed E-state index contributed by atoms with van der Waals surface area (Å²) < 4.78 is 23.0. The maximum absolute atomic E-state index is 11.5. The Bertz CT molecular complexity index is 468. The van der Waals surface area contributed by atoms with E-state index >= 15 is 0 Å². The normalized spacial score (nSPS) is 13.8. The summed E-state index contributed by atoms with van der Waals surface area (Å²) >= 11 is 0. The highest BCUT2D eigenvalue weighted by Crippen LogP contribution is 2.20. The largest absolute Gasteiger partial charge is 0.387 e. The minimum Gasteiger partial charge on any atom is -0.387 e. The van der Waals surface area contributed by atoms with Gasteiger partial charge in [-0.2, -0.15) is 0 Å². The van der Waals surface area contributed by atoms with Crippen molar-refractivity contribution in [3.63, 3.8) is 0 Å². The zero-order valence-electron chi connectivity index (χ0n) is 9.69. The molecule has 2 N–H and O–H groups in total. The molecule has 0 radical (unpaired) electrons. The molecule has 1 unspecified atom stereocenters. The Morgan fingerprint density at radius 1 is 1.44 bits per heavy atom. The number of aryl methyl sites for hydroxylation is 1. The predicted octanol–water partition coefficient (Wildman–Crippen LogP) is 0.651. The van der Waals surface area contributed by atoms with Crippen LogP contribution in [0.1, 0.15) is 17.2 Å². The number of nitrogens with one attached hydrogen (secondary N) is 1. The molecule has 0 saturated carbocycles. The van der Waals surface area contributed by atoms with Gasteiger partial charge in [-0.1, -0.05) is 12.1 Å². The Labute approximate surface area is 96.2 Å². The van der Waals surface area contributed by atoms with Crippen LogP contribution in [-0.4, -0.2) is 33.4 Å². The van der Waals surface area contributed by atoms with Crippen LogP contribution in [0.5, 0.6) is 0 Å². The Kier molecular flexibility index (Phi) is 4.07. The second-order valence-electron chi connectivity index (χ2n) is 3.87. The summed E-state index contributed by atoms with van der Waals surface area (Å²) in [6.45, 7) is 2.14. The third-order valence-electron chi connectivity index (χ3n) is 2.39. The van der Waals surface area contributed by atoms with E-state index in [0.29, 0.717) is 17.7 Å². The first-order valence-electron chi connectivity index (χ1n) is 4.99. The molecule has 0 aliphatic carbocycles. The van der Waals surface area contributed by atoms with Crippen molar-refractivity contribution in [2.24, 2.45) is 0 Å². The Morgan fingerprint density at radius 3 is 2.56 bits per heavy atom. The van der Waals surface area contributed by atoms with Gasteiger partial charge in [0.2, 0.25) is 0 Å². The van der Waals surface area contributed by atoms with Crippen LogP contribution in [0.3, 0.4) is 0 Å². The molecular weight excluding hydrogens is 226 g/mol. The van der Waals surface area contributed by atoms with Crippen molar-refractivity contribution in [3.8, 4) is 0 Å². The SMILES string of the molecule is CNCC(O)c1ccc(C)c(S(C)(=O)=O)c1. The van der Waals surface area contributed by atoms with Gasteiger partial charge in [0.25, 0.3) is 0 Å². The second-order valence-corrected chi connectivity index (χ2v) is 5.85. The highest BCUT2D eigenvalue weighted by Gasteiger charge is 2.14. The standard InChI is InChI=1S/C11H17NO3S/c1-8-4-5-9(10(13)7-12-2)6-11(8)16(3,14)15/h4-6,10,12-13H,7H2,1-3H3. The summed E-state index contributed by atoms with van der Waals surface area (Å²) in [6, 6.07) is 4.99. The van der Waals surface area contributed by atoms with Crippen molar-refractivity contribution in [1.29, 1.82) is 0 Å². The molecule has 1 aromatic carbocycles. The van der Waals surface area contributed by atoms with Gasteiger partial charge in [0.05, 0.1) is 11.0 Å². The minimum absolute atomic E-state index is 0.278. The fourth-order valence-corrected chi connectivity index (χ4v) is 2.54. The number of aliphatic hydroxyl groups is 1. The minimum atomic E-state index is -3.24. The van der Waals surface area contributed by atoms with Crippen LogP contribution in [0.2, 0.25) is 0 Å². The van der Waals surface area contributed by atoms with E-state index in [-0.39, 0.29) is 4.90 Å². The molecular formula is C11H17NO3S. The van der Waals surface area contributed by atoms with E-state index in [1.807, 2.05) is 0 Å². The first kappa shape index (κ1) is 13.2. The van der Waals surface area contributed by atoms with Crippen LogP contribution in [0.15, 0.2) is 23.1 Å². The highest BCUT2D eigenvalue weighted by atomic mass is 32.2. The molecule has 1 rings (SSSR count). The lowest BCUT2D eigenvalue weighted by atomic mass is 10.1. The van der Waals surface area contributed by atoms with E-state index in [2.05, 4.69) is 5.32 Å². The fourth-order valence-electron chi connectivity index (χ4n) is 1.53. The average molecular weight is 243 g/mol. The smallest absolute Gasteiger partial charge is 0.175 e. The molecule has 0 spiro atoms. The molecule has 0 aliphatic rings. The van der Waals surface area contributed by atoms with Gasteiger partial charge < -0.3 is 10.4 Å². The number of hydrogen-bond donors (Lipinski definition) is 2. The monoisotopic (exact) mass is 243 g/mol. The quantitative estimate of drug-likeness (QED) is 0.815. The topological polar surface area (TPSA) is 66.4 Å². The van der Waals surface area contributed by atoms with Crippen molar-refractivity contribution in [1.82, 2.24) is 5.32 Å². The van der Waals surface area contributed by atoms with E-state index in [0.717, 1.165) is 0 Å². The lowest BCUT2D eigenvalue weighted by Crippen LogP contribution is -2.17. The molecule has 90 valence electrons. The van der Waals surface area contributed by atoms with Gasteiger partial charge in [-0.3, -0.25) is 0 Å². The summed E-state index contributed by atoms with van der Waals surface area (Å²) in [5, 5.41) is 12.6. The molecule has 0 aromatic heterocycles. The maximum atomic E-state index is 11.5. The number of sulfone groups is 1. The number of benzene rings is 1. The Balaban J connectivity index is 3.18. The molecule has 0 aliphatic heterocycles. The van der Waals surface area contributed by atoms with Gasteiger partial charge >= 0.3 is 0 Å². The summed E-state index contributed by atoms with van der Waals surface area (Å²) in [5.74, 6) is 0. The van der Waals surface area contributed by atoms with E-state index in [1.54, 1.807) is 26.1 Å². The van der Waals surface area contributed by atoms with Gasteiger partial charge in [0.1, 0.15) is 0 Å². The van der Waals surface area contributed by atoms with Crippen LogP contribution < -0.4 is 5.32 Å². The van der Waals surface area contributed by atoms with Crippen molar-refractivity contribution in [2.75, 3.05) is 19.8 Å². The first-order valence-corrected chi connectivity index (χ1v) is 6.88. The van der Waals surface area contributed by atoms with Gasteiger partial charge in [0.15, 0.2) is 9.84 Å². The number of aliphatic hydroxyl groups excluding tert-OH is 1. The summed E-state index contributed by atoms with van der Waals surface area (Å²) in [4.78, 5) is 0.278. The third kappa shape index (κ3) is 3.04. The molecule has 0 saturated heterocycles. The number of likely N-dealkylation sites (N-methyl/N-ethyl adjacent to an activating group) is 1. The molecule has 5 heteroatoms. The van der Waals surface area contributed by atoms with E-state index < -0.39 is 15.9 Å². The lowest BCUT2D eigenvalue weighted by molar-refractivity contribution is 0.177. The van der Waals surface area contributed by atoms with Gasteiger partial charge in [-0.15, -0.1) is 0 Å². The zero-order valence-corrected chi connectivity index (χ0v) is 10.5. The average Bonchev–Trinajstić information content (AvgIpc) is 2.16. The molecule has 16 heavy (non-hydrogen) atoms. The van der Waals surface area contributed by atoms with Crippen molar-refractivity contribution >= 4 is 9.84 Å². The van der Waals surface area contributed by atoms with E-state index in [9.17, 15) is 13.5 Å². The molecule has 1 atom stereocenters. The number of rotatable bonds is 4. The van der Waals surface area contributed by atoms with Crippen LogP contribution in [0.25, 0.3) is 0 Å². The molecule has 0 fully saturated rings. The molecule has 0 heterocycles. The molecule has 0 amide bonds. The van der Waals surface area contributed by atoms with E-state index in [1.165, 1.54) is 12.3 Å². The summed E-state index contributed by atoms with van der Waals surface area (Å²) in [7, 11) is -1.50. The van der Waals surface area contributed by atoms with Crippen LogP contribution in [-0.2, 0) is 9.84 Å². The van der Waals surface area contributed by atoms with Gasteiger partial charge in [0, 0.05) is 12.8 Å². The highest BCUT2D eigenvalue weighted by molar-refractivity contribution is 7.90. The Hall–Kier alpha value is -0.910. The molecule has 1 aromatic rings. The maximum Gasteiger partial charge on any atom is 0.175 e. The van der Waals surface area contributed by atoms with Gasteiger partial charge in [-0.05, 0) is 31.2 Å². The van der Waals surface area contributed by atoms with Crippen LogP contribution in [0.4, 0.5) is 0 Å². The third-order valence-corrected chi connectivity index (χ3v) is 3.63. The lowest BCUT2D eigenvalue weighted by Gasteiger charge is -2.12. The van der Waals surface area contributed by atoms with Crippen molar-refractivity contribution in [2.45, 2.75) is 17.9 Å². The number of hydrogen-bond acceptors (Lipinski definition) is 4. The first-order chi connectivity index (χ1) is 7.36.